The summed E-state index contributed by atoms with van der Waals surface area (Å²) in [7, 11) is 0. The highest BCUT2D eigenvalue weighted by Crippen LogP contribution is 2.33. The normalized spacial score (nSPS) is 38.6. The molecule has 0 amide bonds. The fourth-order valence-electron chi connectivity index (χ4n) is 3.10. The van der Waals surface area contributed by atoms with Crippen LogP contribution in [-0.2, 0) is 0 Å². The topological polar surface area (TPSA) is 15.3 Å². The summed E-state index contributed by atoms with van der Waals surface area (Å²) in [6.07, 6.45) is 7.33. The van der Waals surface area contributed by atoms with Crippen molar-refractivity contribution >= 4 is 0 Å². The van der Waals surface area contributed by atoms with E-state index >= 15 is 0 Å². The lowest BCUT2D eigenvalue weighted by atomic mass is 9.93. The lowest BCUT2D eigenvalue weighted by Crippen LogP contribution is -2.44. The van der Waals surface area contributed by atoms with E-state index in [1.807, 2.05) is 0 Å². The van der Waals surface area contributed by atoms with Gasteiger partial charge in [0.15, 0.2) is 0 Å². The van der Waals surface area contributed by atoms with E-state index in [2.05, 4.69) is 10.2 Å². The number of likely N-dealkylation sites (tertiary alicyclic amines) is 1. The summed E-state index contributed by atoms with van der Waals surface area (Å²) in [5.74, 6) is 2.08. The van der Waals surface area contributed by atoms with Gasteiger partial charge in [0, 0.05) is 12.6 Å². The van der Waals surface area contributed by atoms with Gasteiger partial charge < -0.3 is 10.2 Å². The number of hydrogen-bond donors (Lipinski definition) is 1. The van der Waals surface area contributed by atoms with Gasteiger partial charge in [-0.2, -0.15) is 0 Å². The van der Waals surface area contributed by atoms with Gasteiger partial charge in [-0.05, 0) is 50.7 Å². The van der Waals surface area contributed by atoms with E-state index in [9.17, 15) is 0 Å². The second-order valence-electron chi connectivity index (χ2n) is 5.43. The maximum Gasteiger partial charge on any atom is 0.0120 e. The molecule has 3 rings (SSSR count). The maximum atomic E-state index is 3.63. The predicted molar refractivity (Wildman–Crippen MR) is 58.3 cm³/mol. The summed E-state index contributed by atoms with van der Waals surface area (Å²) in [4.78, 5) is 2.71. The van der Waals surface area contributed by atoms with Crippen molar-refractivity contribution < 1.29 is 0 Å². The van der Waals surface area contributed by atoms with Crippen molar-refractivity contribution in [3.63, 3.8) is 0 Å². The van der Waals surface area contributed by atoms with Crippen molar-refractivity contribution in [1.29, 1.82) is 0 Å². The van der Waals surface area contributed by atoms with Crippen LogP contribution >= 0.6 is 0 Å². The number of hydrogen-bond acceptors (Lipinski definition) is 2. The molecule has 2 saturated heterocycles. The van der Waals surface area contributed by atoms with E-state index in [0.717, 1.165) is 17.9 Å². The molecule has 2 aliphatic heterocycles. The Labute approximate surface area is 87.0 Å². The van der Waals surface area contributed by atoms with E-state index in [-0.39, 0.29) is 0 Å². The van der Waals surface area contributed by atoms with Gasteiger partial charge in [0.1, 0.15) is 0 Å². The zero-order valence-corrected chi connectivity index (χ0v) is 9.04. The first-order chi connectivity index (χ1) is 6.92. The summed E-state index contributed by atoms with van der Waals surface area (Å²) in [5, 5.41) is 3.63. The summed E-state index contributed by atoms with van der Waals surface area (Å²) in [6.45, 7) is 5.38. The van der Waals surface area contributed by atoms with Gasteiger partial charge in [-0.1, -0.05) is 12.8 Å². The quantitative estimate of drug-likeness (QED) is 0.732. The second kappa shape index (κ2) is 3.82. The van der Waals surface area contributed by atoms with Crippen LogP contribution in [0.25, 0.3) is 0 Å². The molecule has 14 heavy (non-hydrogen) atoms. The smallest absolute Gasteiger partial charge is 0.0120 e. The summed E-state index contributed by atoms with van der Waals surface area (Å²) in [6, 6.07) is 0.868. The number of piperidine rings is 1. The van der Waals surface area contributed by atoms with Crippen LogP contribution in [0, 0.1) is 11.8 Å². The molecular weight excluding hydrogens is 172 g/mol. The zero-order chi connectivity index (χ0) is 9.38. The van der Waals surface area contributed by atoms with Crippen molar-refractivity contribution in [3.05, 3.63) is 0 Å². The molecule has 1 aliphatic carbocycles. The average molecular weight is 194 g/mol. The largest absolute Gasteiger partial charge is 0.314 e. The van der Waals surface area contributed by atoms with Crippen molar-refractivity contribution in [2.45, 2.75) is 38.1 Å². The molecule has 1 N–H and O–H groups in total. The lowest BCUT2D eigenvalue weighted by Gasteiger charge is -2.34. The first-order valence-electron chi connectivity index (χ1n) is 6.37. The van der Waals surface area contributed by atoms with E-state index in [1.165, 1.54) is 58.3 Å². The highest BCUT2D eigenvalue weighted by Gasteiger charge is 2.32. The monoisotopic (exact) mass is 194 g/mol. The van der Waals surface area contributed by atoms with Gasteiger partial charge in [-0.3, -0.25) is 0 Å². The molecule has 2 heterocycles. The number of nitrogens with one attached hydrogen (secondary N) is 1. The molecule has 3 aliphatic rings. The third-order valence-electron chi connectivity index (χ3n) is 4.29. The summed E-state index contributed by atoms with van der Waals surface area (Å²) < 4.78 is 0. The molecule has 0 spiro atoms. The Morgan fingerprint density at radius 3 is 2.93 bits per heavy atom. The Balaban J connectivity index is 1.46. The molecule has 2 unspecified atom stereocenters. The van der Waals surface area contributed by atoms with Crippen LogP contribution in [0.5, 0.6) is 0 Å². The van der Waals surface area contributed by atoms with Gasteiger partial charge in [0.05, 0.1) is 0 Å². The van der Waals surface area contributed by atoms with Gasteiger partial charge in [0.25, 0.3) is 0 Å². The van der Waals surface area contributed by atoms with Crippen molar-refractivity contribution in [2.75, 3.05) is 26.2 Å². The van der Waals surface area contributed by atoms with Crippen LogP contribution in [0.4, 0.5) is 0 Å². The molecule has 2 heteroatoms. The molecule has 0 radical (unpaired) electrons. The lowest BCUT2D eigenvalue weighted by molar-refractivity contribution is 0.159. The Morgan fingerprint density at radius 1 is 1.14 bits per heavy atom. The fourth-order valence-corrected chi connectivity index (χ4v) is 3.10. The minimum absolute atomic E-state index is 0.868. The molecule has 2 atom stereocenters. The van der Waals surface area contributed by atoms with Crippen LogP contribution in [0.3, 0.4) is 0 Å². The maximum absolute atomic E-state index is 3.63. The molecule has 80 valence electrons. The Kier molecular flexibility index (Phi) is 2.50. The third kappa shape index (κ3) is 1.96. The molecule has 1 saturated carbocycles. The highest BCUT2D eigenvalue weighted by molar-refractivity contribution is 4.90. The van der Waals surface area contributed by atoms with Crippen LogP contribution in [0.1, 0.15) is 32.1 Å². The zero-order valence-electron chi connectivity index (χ0n) is 9.04. The Morgan fingerprint density at radius 2 is 2.07 bits per heavy atom. The van der Waals surface area contributed by atoms with Gasteiger partial charge in [-0.15, -0.1) is 0 Å². The van der Waals surface area contributed by atoms with E-state index in [0.29, 0.717) is 0 Å². The molecule has 0 bridgehead atoms. The standard InChI is InChI=1S/C12H22N2/c1-2-10(1)4-7-14-8-5-12-11(9-14)3-6-13-12/h10-13H,1-9H2. The van der Waals surface area contributed by atoms with E-state index in [1.54, 1.807) is 0 Å². The minimum Gasteiger partial charge on any atom is -0.314 e. The van der Waals surface area contributed by atoms with Crippen molar-refractivity contribution in [1.82, 2.24) is 10.2 Å². The molecular formula is C12H22N2. The number of rotatable bonds is 3. The van der Waals surface area contributed by atoms with E-state index in [4.69, 9.17) is 0 Å². The fraction of sp³-hybridized carbons (Fsp3) is 1.00. The minimum atomic E-state index is 0.868. The summed E-state index contributed by atoms with van der Waals surface area (Å²) >= 11 is 0. The van der Waals surface area contributed by atoms with Crippen LogP contribution in [0.15, 0.2) is 0 Å². The molecule has 0 aromatic rings. The molecule has 0 aromatic carbocycles. The Hall–Kier alpha value is -0.0800. The first-order valence-corrected chi connectivity index (χ1v) is 6.37. The van der Waals surface area contributed by atoms with E-state index < -0.39 is 0 Å². The number of fused-ring (bicyclic) bond motifs is 1. The van der Waals surface area contributed by atoms with Gasteiger partial charge in [-0.25, -0.2) is 0 Å². The van der Waals surface area contributed by atoms with Crippen LogP contribution < -0.4 is 5.32 Å². The SMILES string of the molecule is C1CC2CN(CCC3CC3)CCC2N1. The predicted octanol–water partition coefficient (Wildman–Crippen LogP) is 1.47. The first kappa shape index (κ1) is 9.17. The Bertz CT molecular complexity index is 200. The highest BCUT2D eigenvalue weighted by atomic mass is 15.2. The van der Waals surface area contributed by atoms with Crippen molar-refractivity contribution in [2.24, 2.45) is 11.8 Å². The van der Waals surface area contributed by atoms with Gasteiger partial charge in [0.2, 0.25) is 0 Å². The van der Waals surface area contributed by atoms with Gasteiger partial charge >= 0.3 is 0 Å². The molecule has 2 nitrogen and oxygen atoms in total. The van der Waals surface area contributed by atoms with Crippen molar-refractivity contribution in [3.8, 4) is 0 Å². The molecule has 3 fully saturated rings. The number of nitrogens with zero attached hydrogens (tertiary/aromatic N) is 1. The summed E-state index contributed by atoms with van der Waals surface area (Å²) in [5.41, 5.74) is 0. The van der Waals surface area contributed by atoms with Crippen LogP contribution in [0.2, 0.25) is 0 Å². The van der Waals surface area contributed by atoms with Crippen LogP contribution in [-0.4, -0.2) is 37.1 Å². The molecule has 0 aromatic heterocycles. The second-order valence-corrected chi connectivity index (χ2v) is 5.43. The average Bonchev–Trinajstić information content (AvgIpc) is 2.92. The third-order valence-corrected chi connectivity index (χ3v) is 4.29.